The molecule has 0 amide bonds. The zero-order chi connectivity index (χ0) is 21.9. The Morgan fingerprint density at radius 2 is 1.44 bits per heavy atom. The Hall–Kier alpha value is -4.37. The lowest BCUT2D eigenvalue weighted by molar-refractivity contribution is 0.0697. The van der Waals surface area contributed by atoms with Gasteiger partial charge in [-0.15, -0.1) is 0 Å². The van der Waals surface area contributed by atoms with Gasteiger partial charge in [0.15, 0.2) is 0 Å². The zero-order valence-electron chi connectivity index (χ0n) is 17.3. The van der Waals surface area contributed by atoms with Crippen LogP contribution in [0.3, 0.4) is 0 Å². The largest absolute Gasteiger partial charge is 0.478 e. The second-order valence-corrected chi connectivity index (χ2v) is 7.65. The number of aromatic carboxylic acids is 1. The van der Waals surface area contributed by atoms with Gasteiger partial charge >= 0.3 is 5.97 Å². The Labute approximate surface area is 186 Å². The first-order valence-electron chi connectivity index (χ1n) is 10.5. The van der Waals surface area contributed by atoms with Crippen LogP contribution in [-0.2, 0) is 0 Å². The molecule has 4 aromatic carbocycles. The summed E-state index contributed by atoms with van der Waals surface area (Å²) in [6, 6.07) is 34.2. The van der Waals surface area contributed by atoms with E-state index in [1.54, 1.807) is 18.2 Å². The van der Waals surface area contributed by atoms with Gasteiger partial charge in [0, 0.05) is 17.3 Å². The van der Waals surface area contributed by atoms with Gasteiger partial charge in [0.25, 0.3) is 0 Å². The van der Waals surface area contributed by atoms with Crippen LogP contribution in [0.25, 0.3) is 39.9 Å². The Kier molecular flexibility index (Phi) is 5.14. The van der Waals surface area contributed by atoms with Crippen molar-refractivity contribution in [2.75, 3.05) is 0 Å². The van der Waals surface area contributed by atoms with Crippen LogP contribution in [0.5, 0.6) is 0 Å². The Morgan fingerprint density at radius 1 is 0.719 bits per heavy atom. The third-order valence-electron chi connectivity index (χ3n) is 5.57. The van der Waals surface area contributed by atoms with Gasteiger partial charge < -0.3 is 9.67 Å². The van der Waals surface area contributed by atoms with Gasteiger partial charge in [-0.2, -0.15) is 0 Å². The number of carboxylic acids is 1. The van der Waals surface area contributed by atoms with Crippen LogP contribution >= 0.6 is 0 Å². The summed E-state index contributed by atoms with van der Waals surface area (Å²) < 4.78 is 2.20. The van der Waals surface area contributed by atoms with E-state index in [2.05, 4.69) is 71.4 Å². The first-order chi connectivity index (χ1) is 15.7. The third kappa shape index (κ3) is 3.84. The van der Waals surface area contributed by atoms with Crippen LogP contribution in [0.1, 0.15) is 21.5 Å². The summed E-state index contributed by atoms with van der Waals surface area (Å²) in [6.45, 7) is 0. The first-order valence-corrected chi connectivity index (χ1v) is 10.5. The van der Waals surface area contributed by atoms with E-state index in [1.807, 2.05) is 36.4 Å². The minimum Gasteiger partial charge on any atom is -0.478 e. The molecule has 0 aliphatic rings. The fourth-order valence-electron chi connectivity index (χ4n) is 4.01. The highest BCUT2D eigenvalue weighted by molar-refractivity contribution is 5.96. The van der Waals surface area contributed by atoms with Crippen LogP contribution in [0.4, 0.5) is 0 Å². The molecule has 0 atom stereocenters. The molecule has 0 aliphatic heterocycles. The van der Waals surface area contributed by atoms with Crippen LogP contribution in [-0.4, -0.2) is 15.6 Å². The van der Waals surface area contributed by atoms with Crippen molar-refractivity contribution in [1.82, 2.24) is 4.57 Å². The number of hydrogen-bond donors (Lipinski definition) is 1. The molecule has 0 fully saturated rings. The van der Waals surface area contributed by atoms with E-state index in [1.165, 1.54) is 16.5 Å². The van der Waals surface area contributed by atoms with Crippen molar-refractivity contribution in [1.29, 1.82) is 0 Å². The number of hydrogen-bond acceptors (Lipinski definition) is 1. The highest BCUT2D eigenvalue weighted by atomic mass is 16.4. The Bertz CT molecular complexity index is 1440. The van der Waals surface area contributed by atoms with Gasteiger partial charge in [-0.25, -0.2) is 4.79 Å². The van der Waals surface area contributed by atoms with Gasteiger partial charge in [0.1, 0.15) is 0 Å². The van der Waals surface area contributed by atoms with Crippen LogP contribution < -0.4 is 0 Å². The molecule has 1 aromatic heterocycles. The standard InChI is InChI=1S/C29H21NO2/c31-29(32)24-11-4-7-21(19-24)15-16-22-8-5-12-25(20-22)30-18-17-27-26(13-6-14-28(27)30)23-9-2-1-3-10-23/h1-20H,(H,31,32)/b16-15+. The molecule has 0 radical (unpaired) electrons. The van der Waals surface area contributed by atoms with Crippen LogP contribution in [0, 0.1) is 0 Å². The zero-order valence-corrected chi connectivity index (χ0v) is 17.3. The lowest BCUT2D eigenvalue weighted by Crippen LogP contribution is -1.95. The molecule has 154 valence electrons. The van der Waals surface area contributed by atoms with E-state index in [0.29, 0.717) is 0 Å². The van der Waals surface area contributed by atoms with Gasteiger partial charge in [-0.3, -0.25) is 0 Å². The average molecular weight is 415 g/mol. The molecule has 0 spiro atoms. The molecular weight excluding hydrogens is 394 g/mol. The third-order valence-corrected chi connectivity index (χ3v) is 5.57. The number of aromatic nitrogens is 1. The predicted molar refractivity (Wildman–Crippen MR) is 131 cm³/mol. The first kappa shape index (κ1) is 19.6. The highest BCUT2D eigenvalue weighted by Gasteiger charge is 2.08. The quantitative estimate of drug-likeness (QED) is 0.309. The molecule has 0 unspecified atom stereocenters. The number of nitrogens with zero attached hydrogens (tertiary/aromatic N) is 1. The van der Waals surface area contributed by atoms with Gasteiger partial charge in [-0.05, 0) is 58.7 Å². The predicted octanol–water partition coefficient (Wildman–Crippen LogP) is 7.17. The maximum atomic E-state index is 11.2. The highest BCUT2D eigenvalue weighted by Crippen LogP contribution is 2.31. The van der Waals surface area contributed by atoms with E-state index >= 15 is 0 Å². The maximum absolute atomic E-state index is 11.2. The number of fused-ring (bicyclic) bond motifs is 1. The number of benzene rings is 4. The lowest BCUT2D eigenvalue weighted by Gasteiger charge is -2.09. The number of carbonyl (C=O) groups is 1. The summed E-state index contributed by atoms with van der Waals surface area (Å²) >= 11 is 0. The average Bonchev–Trinajstić information content (AvgIpc) is 3.28. The summed E-state index contributed by atoms with van der Waals surface area (Å²) in [5, 5.41) is 10.4. The smallest absolute Gasteiger partial charge is 0.335 e. The molecule has 5 aromatic rings. The van der Waals surface area contributed by atoms with Gasteiger partial charge in [-0.1, -0.05) is 78.9 Å². The normalized spacial score (nSPS) is 11.2. The van der Waals surface area contributed by atoms with Gasteiger partial charge in [0.05, 0.1) is 11.1 Å². The van der Waals surface area contributed by atoms with E-state index < -0.39 is 5.97 Å². The van der Waals surface area contributed by atoms with Crippen molar-refractivity contribution in [3.8, 4) is 16.8 Å². The van der Waals surface area contributed by atoms with Crippen molar-refractivity contribution < 1.29 is 9.90 Å². The molecule has 0 bridgehead atoms. The summed E-state index contributed by atoms with van der Waals surface area (Å²) in [4.78, 5) is 11.2. The second-order valence-electron chi connectivity index (χ2n) is 7.65. The molecule has 1 heterocycles. The lowest BCUT2D eigenvalue weighted by atomic mass is 10.0. The molecule has 0 saturated heterocycles. The molecule has 1 N–H and O–H groups in total. The second kappa shape index (κ2) is 8.40. The van der Waals surface area contributed by atoms with Crippen molar-refractivity contribution in [2.45, 2.75) is 0 Å². The monoisotopic (exact) mass is 415 g/mol. The van der Waals surface area contributed by atoms with E-state index in [9.17, 15) is 9.90 Å². The fourth-order valence-corrected chi connectivity index (χ4v) is 4.01. The topological polar surface area (TPSA) is 42.2 Å². The minimum absolute atomic E-state index is 0.286. The van der Waals surface area contributed by atoms with Crippen LogP contribution in [0.15, 0.2) is 109 Å². The number of rotatable bonds is 5. The molecular formula is C29H21NO2. The molecule has 0 aliphatic carbocycles. The summed E-state index contributed by atoms with van der Waals surface area (Å²) in [7, 11) is 0. The van der Waals surface area contributed by atoms with Crippen LogP contribution in [0.2, 0.25) is 0 Å². The van der Waals surface area contributed by atoms with E-state index in [4.69, 9.17) is 0 Å². The summed E-state index contributed by atoms with van der Waals surface area (Å²) in [6.07, 6.45) is 6.05. The molecule has 32 heavy (non-hydrogen) atoms. The molecule has 3 heteroatoms. The molecule has 3 nitrogen and oxygen atoms in total. The van der Waals surface area contributed by atoms with Crippen molar-refractivity contribution >= 4 is 29.0 Å². The van der Waals surface area contributed by atoms with Crippen molar-refractivity contribution in [3.05, 3.63) is 126 Å². The summed E-state index contributed by atoms with van der Waals surface area (Å²) in [5.74, 6) is -0.920. The van der Waals surface area contributed by atoms with E-state index in [-0.39, 0.29) is 5.56 Å². The maximum Gasteiger partial charge on any atom is 0.335 e. The SMILES string of the molecule is O=C(O)c1cccc(/C=C/c2cccc(-n3ccc4c(-c5ccccc5)cccc43)c2)c1. The number of carboxylic acid groups (broad SMARTS) is 1. The molecule has 0 saturated carbocycles. The fraction of sp³-hybridized carbons (Fsp3) is 0. The van der Waals surface area contributed by atoms with Crippen molar-refractivity contribution in [2.24, 2.45) is 0 Å². The minimum atomic E-state index is -0.920. The Balaban J connectivity index is 1.50. The molecule has 5 rings (SSSR count). The van der Waals surface area contributed by atoms with E-state index in [0.717, 1.165) is 22.3 Å². The Morgan fingerprint density at radius 3 is 2.22 bits per heavy atom. The summed E-state index contributed by atoms with van der Waals surface area (Å²) in [5.41, 5.74) is 6.84. The van der Waals surface area contributed by atoms with Gasteiger partial charge in [0.2, 0.25) is 0 Å². The van der Waals surface area contributed by atoms with Crippen molar-refractivity contribution in [3.63, 3.8) is 0 Å².